The molecule has 0 saturated heterocycles. The summed E-state index contributed by atoms with van der Waals surface area (Å²) in [5.41, 5.74) is 0.588. The maximum Gasteiger partial charge on any atom is 0.249 e. The molecule has 0 amide bonds. The molecule has 4 nitrogen and oxygen atoms in total. The highest BCUT2D eigenvalue weighted by molar-refractivity contribution is 7.89. The summed E-state index contributed by atoms with van der Waals surface area (Å²) in [6, 6.07) is 2.34. The van der Waals surface area contributed by atoms with E-state index in [4.69, 9.17) is 0 Å². The molecule has 120 valence electrons. The van der Waals surface area contributed by atoms with E-state index in [0.717, 1.165) is 32.4 Å². The lowest BCUT2D eigenvalue weighted by Crippen LogP contribution is -2.31. The van der Waals surface area contributed by atoms with E-state index in [0.29, 0.717) is 5.69 Å². The number of nitrogens with zero attached hydrogens (tertiary/aromatic N) is 2. The summed E-state index contributed by atoms with van der Waals surface area (Å²) in [6.07, 6.45) is 0. The molecule has 0 spiro atoms. The Morgan fingerprint density at radius 1 is 1.23 bits per heavy atom. The molecular formula is C14H16F2N2O2S2. The van der Waals surface area contributed by atoms with E-state index in [2.05, 4.69) is 4.98 Å². The second-order valence-corrected chi connectivity index (χ2v) is 8.26. The number of benzene rings is 1. The van der Waals surface area contributed by atoms with E-state index < -0.39 is 32.6 Å². The normalized spacial score (nSPS) is 13.6. The fraction of sp³-hybridized carbons (Fsp3) is 0.357. The van der Waals surface area contributed by atoms with Gasteiger partial charge in [0.2, 0.25) is 10.0 Å². The van der Waals surface area contributed by atoms with Crippen molar-refractivity contribution in [2.24, 2.45) is 0 Å². The zero-order chi connectivity index (χ0) is 16.7. The third kappa shape index (κ3) is 2.90. The molecule has 1 unspecified atom stereocenters. The Labute approximate surface area is 132 Å². The minimum Gasteiger partial charge on any atom is -0.245 e. The van der Waals surface area contributed by atoms with Crippen molar-refractivity contribution >= 4 is 21.4 Å². The molecule has 1 aromatic heterocycles. The quantitative estimate of drug-likeness (QED) is 0.852. The van der Waals surface area contributed by atoms with Crippen LogP contribution in [0.1, 0.15) is 28.5 Å². The molecule has 0 aliphatic heterocycles. The molecule has 0 saturated carbocycles. The van der Waals surface area contributed by atoms with E-state index in [-0.39, 0.29) is 0 Å². The Bertz CT molecular complexity index is 783. The molecule has 2 aromatic rings. The van der Waals surface area contributed by atoms with Gasteiger partial charge >= 0.3 is 0 Å². The van der Waals surface area contributed by atoms with Gasteiger partial charge in [-0.3, -0.25) is 0 Å². The van der Waals surface area contributed by atoms with Crippen molar-refractivity contribution in [3.05, 3.63) is 45.4 Å². The van der Waals surface area contributed by atoms with Crippen LogP contribution in [0.2, 0.25) is 0 Å². The van der Waals surface area contributed by atoms with Crippen LogP contribution in [-0.4, -0.2) is 24.8 Å². The average Bonchev–Trinajstić information content (AvgIpc) is 2.75. The average molecular weight is 346 g/mol. The van der Waals surface area contributed by atoms with Crippen molar-refractivity contribution in [3.63, 3.8) is 0 Å². The number of thiazole rings is 1. The number of rotatable bonds is 4. The third-order valence-corrected chi connectivity index (χ3v) is 6.32. The van der Waals surface area contributed by atoms with E-state index in [1.54, 1.807) is 6.92 Å². The van der Waals surface area contributed by atoms with Crippen molar-refractivity contribution < 1.29 is 17.2 Å². The number of hydrogen-bond acceptors (Lipinski definition) is 4. The first kappa shape index (κ1) is 17.0. The van der Waals surface area contributed by atoms with Crippen LogP contribution in [0.5, 0.6) is 0 Å². The van der Waals surface area contributed by atoms with Gasteiger partial charge in [-0.15, -0.1) is 11.3 Å². The van der Waals surface area contributed by atoms with E-state index >= 15 is 0 Å². The Morgan fingerprint density at radius 2 is 1.77 bits per heavy atom. The molecule has 0 aliphatic rings. The summed E-state index contributed by atoms with van der Waals surface area (Å²) in [5.74, 6) is -2.21. The summed E-state index contributed by atoms with van der Waals surface area (Å²) in [5, 5.41) is 0.808. The van der Waals surface area contributed by atoms with Crippen molar-refractivity contribution in [1.29, 1.82) is 0 Å². The van der Waals surface area contributed by atoms with Crippen molar-refractivity contribution in [2.75, 3.05) is 7.05 Å². The standard InChI is InChI=1S/C14H16F2N2O2S2/c1-8(13-9(2)21-10(3)17-13)18(4)22(19,20)14-11(15)6-5-7-12(14)16/h5-8H,1-4H3. The highest BCUT2D eigenvalue weighted by Gasteiger charge is 2.33. The van der Waals surface area contributed by atoms with Crippen LogP contribution < -0.4 is 0 Å². The summed E-state index contributed by atoms with van der Waals surface area (Å²) in [4.78, 5) is 4.25. The highest BCUT2D eigenvalue weighted by Crippen LogP contribution is 2.31. The monoisotopic (exact) mass is 346 g/mol. The molecule has 22 heavy (non-hydrogen) atoms. The summed E-state index contributed by atoms with van der Waals surface area (Å²) >= 11 is 1.45. The molecule has 0 N–H and O–H groups in total. The lowest BCUT2D eigenvalue weighted by Gasteiger charge is -2.24. The highest BCUT2D eigenvalue weighted by atomic mass is 32.2. The topological polar surface area (TPSA) is 50.3 Å². The smallest absolute Gasteiger partial charge is 0.245 e. The van der Waals surface area contributed by atoms with Crippen LogP contribution in [0.4, 0.5) is 8.78 Å². The third-order valence-electron chi connectivity index (χ3n) is 3.44. The molecule has 0 bridgehead atoms. The number of sulfonamides is 1. The predicted octanol–water partition coefficient (Wildman–Crippen LogP) is 3.42. The number of halogens is 2. The molecule has 1 aromatic carbocycles. The van der Waals surface area contributed by atoms with E-state index in [9.17, 15) is 17.2 Å². The van der Waals surface area contributed by atoms with Gasteiger partial charge in [-0.1, -0.05) is 6.07 Å². The van der Waals surface area contributed by atoms with Gasteiger partial charge in [-0.25, -0.2) is 22.2 Å². The van der Waals surface area contributed by atoms with Gasteiger partial charge in [0.25, 0.3) is 0 Å². The summed E-state index contributed by atoms with van der Waals surface area (Å²) in [7, 11) is -3.02. The van der Waals surface area contributed by atoms with Crippen molar-refractivity contribution in [1.82, 2.24) is 9.29 Å². The molecule has 2 rings (SSSR count). The first-order valence-electron chi connectivity index (χ1n) is 6.52. The first-order valence-corrected chi connectivity index (χ1v) is 8.78. The van der Waals surface area contributed by atoms with Crippen molar-refractivity contribution in [2.45, 2.75) is 31.7 Å². The zero-order valence-corrected chi connectivity index (χ0v) is 14.2. The lowest BCUT2D eigenvalue weighted by molar-refractivity contribution is 0.384. The SMILES string of the molecule is Cc1nc(C(C)N(C)S(=O)(=O)c2c(F)cccc2F)c(C)s1. The van der Waals surface area contributed by atoms with Crippen LogP contribution in [0.15, 0.2) is 23.1 Å². The Balaban J connectivity index is 2.47. The largest absolute Gasteiger partial charge is 0.249 e. The molecule has 1 atom stereocenters. The van der Waals surface area contributed by atoms with Gasteiger partial charge in [-0.05, 0) is 32.9 Å². The summed E-state index contributed by atoms with van der Waals surface area (Å²) in [6.45, 7) is 5.29. The molecular weight excluding hydrogens is 330 g/mol. The van der Waals surface area contributed by atoms with Crippen LogP contribution in [0.25, 0.3) is 0 Å². The first-order chi connectivity index (χ1) is 10.2. The lowest BCUT2D eigenvalue weighted by atomic mass is 10.2. The second-order valence-electron chi connectivity index (χ2n) is 4.92. The minimum atomic E-state index is -4.31. The van der Waals surface area contributed by atoms with E-state index in [1.807, 2.05) is 13.8 Å². The van der Waals surface area contributed by atoms with Gasteiger partial charge in [0.15, 0.2) is 4.90 Å². The van der Waals surface area contributed by atoms with Gasteiger partial charge in [0.1, 0.15) is 11.6 Å². The van der Waals surface area contributed by atoms with Gasteiger partial charge in [0.05, 0.1) is 16.7 Å². The van der Waals surface area contributed by atoms with Crippen LogP contribution in [0.3, 0.4) is 0 Å². The van der Waals surface area contributed by atoms with Gasteiger partial charge in [-0.2, -0.15) is 4.31 Å². The minimum absolute atomic E-state index is 0.588. The van der Waals surface area contributed by atoms with Crippen LogP contribution in [0, 0.1) is 25.5 Å². The number of aryl methyl sites for hydroxylation is 2. The second kappa shape index (κ2) is 6.02. The fourth-order valence-electron chi connectivity index (χ4n) is 2.19. The molecule has 0 radical (unpaired) electrons. The maximum atomic E-state index is 13.8. The summed E-state index contributed by atoms with van der Waals surface area (Å²) < 4.78 is 53.6. The van der Waals surface area contributed by atoms with Crippen molar-refractivity contribution in [3.8, 4) is 0 Å². The van der Waals surface area contributed by atoms with Crippen LogP contribution in [-0.2, 0) is 10.0 Å². The fourth-order valence-corrected chi connectivity index (χ4v) is 4.53. The number of aromatic nitrogens is 1. The predicted molar refractivity (Wildman–Crippen MR) is 81.3 cm³/mol. The van der Waals surface area contributed by atoms with E-state index in [1.165, 1.54) is 18.4 Å². The Hall–Kier alpha value is -1.38. The molecule has 0 fully saturated rings. The maximum absolute atomic E-state index is 13.8. The Morgan fingerprint density at radius 3 is 2.23 bits per heavy atom. The van der Waals surface area contributed by atoms with Crippen LogP contribution >= 0.6 is 11.3 Å². The van der Waals surface area contributed by atoms with Gasteiger partial charge < -0.3 is 0 Å². The Kier molecular flexibility index (Phi) is 4.65. The molecule has 8 heteroatoms. The van der Waals surface area contributed by atoms with Gasteiger partial charge in [0, 0.05) is 11.9 Å². The zero-order valence-electron chi connectivity index (χ0n) is 12.6. The number of hydrogen-bond donors (Lipinski definition) is 0. The molecule has 1 heterocycles. The molecule has 0 aliphatic carbocycles.